The van der Waals surface area contributed by atoms with E-state index in [4.69, 9.17) is 4.74 Å². The lowest BCUT2D eigenvalue weighted by Crippen LogP contribution is -2.31. The van der Waals surface area contributed by atoms with Gasteiger partial charge in [0, 0.05) is 16.2 Å². The Morgan fingerprint density at radius 2 is 1.70 bits per heavy atom. The van der Waals surface area contributed by atoms with E-state index >= 15 is 0 Å². The predicted octanol–water partition coefficient (Wildman–Crippen LogP) is 7.03. The average molecular weight is 399 g/mol. The largest absolute Gasteiger partial charge is 0.466 e. The van der Waals surface area contributed by atoms with E-state index in [1.807, 2.05) is 54.8 Å². The summed E-state index contributed by atoms with van der Waals surface area (Å²) in [6.07, 6.45) is 7.66. The molecule has 0 fully saturated rings. The molecule has 1 aliphatic rings. The molecule has 1 heterocycles. The molecular formula is C23H26O2S2. The molecule has 0 N–H and O–H groups in total. The zero-order valence-corrected chi connectivity index (χ0v) is 17.4. The quantitative estimate of drug-likeness (QED) is 0.317. The Kier molecular flexibility index (Phi) is 7.48. The van der Waals surface area contributed by atoms with Gasteiger partial charge in [0.25, 0.3) is 4.27 Å². The smallest absolute Gasteiger partial charge is 0.268 e. The van der Waals surface area contributed by atoms with Crippen molar-refractivity contribution in [3.63, 3.8) is 0 Å². The fraction of sp³-hybridized carbons (Fsp3) is 0.348. The van der Waals surface area contributed by atoms with Gasteiger partial charge in [0.2, 0.25) is 5.78 Å². The monoisotopic (exact) mass is 398 g/mol. The van der Waals surface area contributed by atoms with E-state index in [-0.39, 0.29) is 5.78 Å². The molecule has 1 atom stereocenters. The lowest BCUT2D eigenvalue weighted by atomic mass is 10.1. The van der Waals surface area contributed by atoms with Crippen molar-refractivity contribution in [2.75, 3.05) is 0 Å². The van der Waals surface area contributed by atoms with Crippen molar-refractivity contribution in [2.24, 2.45) is 0 Å². The molecule has 3 rings (SSSR count). The van der Waals surface area contributed by atoms with E-state index in [1.165, 1.54) is 29.7 Å². The maximum atomic E-state index is 13.3. The molecule has 0 amide bonds. The number of hydrogen-bond acceptors (Lipinski definition) is 4. The molecule has 1 unspecified atom stereocenters. The maximum absolute atomic E-state index is 13.3. The summed E-state index contributed by atoms with van der Waals surface area (Å²) in [4.78, 5) is 14.5. The van der Waals surface area contributed by atoms with Gasteiger partial charge in [-0.3, -0.25) is 4.79 Å². The van der Waals surface area contributed by atoms with E-state index in [0.717, 1.165) is 18.6 Å². The molecule has 2 aromatic rings. The number of Topliss-reactive ketones (excluding diaryl/α,β-unsaturated/α-hetero) is 1. The topological polar surface area (TPSA) is 26.3 Å². The van der Waals surface area contributed by atoms with E-state index in [9.17, 15) is 4.79 Å². The molecule has 0 aliphatic carbocycles. The Morgan fingerprint density at radius 1 is 1.00 bits per heavy atom. The summed E-state index contributed by atoms with van der Waals surface area (Å²) >= 11 is 3.16. The second kappa shape index (κ2) is 10.0. The Hall–Kier alpha value is -1.65. The summed E-state index contributed by atoms with van der Waals surface area (Å²) in [6.45, 7) is 2.22. The van der Waals surface area contributed by atoms with E-state index in [0.29, 0.717) is 5.56 Å². The zero-order chi connectivity index (χ0) is 19.0. The van der Waals surface area contributed by atoms with Crippen LogP contribution in [0.2, 0.25) is 0 Å². The number of hydrogen-bond donors (Lipinski definition) is 0. The predicted molar refractivity (Wildman–Crippen MR) is 117 cm³/mol. The van der Waals surface area contributed by atoms with E-state index in [1.54, 1.807) is 23.5 Å². The molecule has 27 heavy (non-hydrogen) atoms. The molecule has 0 bridgehead atoms. The van der Waals surface area contributed by atoms with Crippen molar-refractivity contribution in [1.29, 1.82) is 0 Å². The van der Waals surface area contributed by atoms with Gasteiger partial charge in [-0.05, 0) is 18.4 Å². The lowest BCUT2D eigenvalue weighted by Gasteiger charge is -2.26. The minimum Gasteiger partial charge on any atom is -0.466 e. The molecule has 1 aliphatic heterocycles. The number of thioether (sulfide) groups is 2. The number of benzene rings is 2. The van der Waals surface area contributed by atoms with Crippen LogP contribution in [0.4, 0.5) is 0 Å². The van der Waals surface area contributed by atoms with Gasteiger partial charge in [-0.1, -0.05) is 110 Å². The fourth-order valence-electron chi connectivity index (χ4n) is 2.95. The summed E-state index contributed by atoms with van der Waals surface area (Å²) < 4.78 is 5.14. The molecular weight excluding hydrogens is 372 g/mol. The molecule has 0 aromatic heterocycles. The summed E-state index contributed by atoms with van der Waals surface area (Å²) in [6, 6.07) is 19.7. The third kappa shape index (κ3) is 5.43. The van der Waals surface area contributed by atoms with Crippen LogP contribution in [0.5, 0.6) is 0 Å². The van der Waals surface area contributed by atoms with Gasteiger partial charge in [0.1, 0.15) is 0 Å². The van der Waals surface area contributed by atoms with Crippen LogP contribution in [0.1, 0.15) is 54.9 Å². The average Bonchev–Trinajstić information content (AvgIpc) is 3.15. The summed E-state index contributed by atoms with van der Waals surface area (Å²) in [5, 5.41) is 0. The third-order valence-corrected chi connectivity index (χ3v) is 7.33. The first-order valence-corrected chi connectivity index (χ1v) is 11.4. The molecule has 4 heteroatoms. The maximum Gasteiger partial charge on any atom is 0.268 e. The van der Waals surface area contributed by atoms with Crippen LogP contribution in [0.3, 0.4) is 0 Å². The van der Waals surface area contributed by atoms with Crippen molar-refractivity contribution >= 4 is 29.3 Å². The molecule has 0 saturated heterocycles. The minimum absolute atomic E-state index is 0.0360. The van der Waals surface area contributed by atoms with Crippen LogP contribution in [-0.2, 0) is 10.5 Å². The Balaban J connectivity index is 1.71. The molecule has 0 saturated carbocycles. The van der Waals surface area contributed by atoms with Crippen LogP contribution >= 0.6 is 23.5 Å². The molecule has 2 nitrogen and oxygen atoms in total. The lowest BCUT2D eigenvalue weighted by molar-refractivity contribution is 0.0809. The van der Waals surface area contributed by atoms with Crippen LogP contribution < -0.4 is 0 Å². The van der Waals surface area contributed by atoms with Crippen LogP contribution in [0, 0.1) is 0 Å². The SMILES string of the molecule is CCCCCCC1=COC(SCc2ccccc2)(C(=O)c2ccccc2)S1. The summed E-state index contributed by atoms with van der Waals surface area (Å²) in [7, 11) is 0. The number of carbonyl (C=O) groups excluding carboxylic acids is 1. The highest BCUT2D eigenvalue weighted by molar-refractivity contribution is 8.20. The van der Waals surface area contributed by atoms with E-state index in [2.05, 4.69) is 19.1 Å². The Labute approximate surface area is 170 Å². The van der Waals surface area contributed by atoms with Gasteiger partial charge in [-0.25, -0.2) is 0 Å². The minimum atomic E-state index is -0.919. The first-order chi connectivity index (χ1) is 13.2. The van der Waals surface area contributed by atoms with Crippen LogP contribution in [-0.4, -0.2) is 10.0 Å². The Bertz CT molecular complexity index is 758. The second-order valence-electron chi connectivity index (χ2n) is 6.64. The van der Waals surface area contributed by atoms with Crippen molar-refractivity contribution in [1.82, 2.24) is 0 Å². The van der Waals surface area contributed by atoms with Gasteiger partial charge >= 0.3 is 0 Å². The first kappa shape index (κ1) is 20.1. The van der Waals surface area contributed by atoms with Crippen molar-refractivity contribution in [3.05, 3.63) is 83.0 Å². The molecule has 142 valence electrons. The highest BCUT2D eigenvalue weighted by Crippen LogP contribution is 2.51. The number of rotatable bonds is 10. The normalized spacial score (nSPS) is 18.8. The van der Waals surface area contributed by atoms with Gasteiger partial charge in [0.05, 0.1) is 6.26 Å². The summed E-state index contributed by atoms with van der Waals surface area (Å²) in [5.74, 6) is 0.775. The fourth-order valence-corrected chi connectivity index (χ4v) is 5.59. The number of carbonyl (C=O) groups is 1. The van der Waals surface area contributed by atoms with Crippen LogP contribution in [0.25, 0.3) is 0 Å². The van der Waals surface area contributed by atoms with Crippen LogP contribution in [0.15, 0.2) is 71.8 Å². The third-order valence-electron chi connectivity index (χ3n) is 4.47. The number of ketones is 1. The summed E-state index contributed by atoms with van der Waals surface area (Å²) in [5.41, 5.74) is 1.90. The first-order valence-electron chi connectivity index (χ1n) is 9.57. The van der Waals surface area contributed by atoms with Crippen molar-refractivity contribution in [2.45, 2.75) is 49.0 Å². The van der Waals surface area contributed by atoms with Crippen molar-refractivity contribution < 1.29 is 9.53 Å². The van der Waals surface area contributed by atoms with Gasteiger partial charge in [-0.2, -0.15) is 0 Å². The number of ether oxygens (including phenoxy) is 1. The highest BCUT2D eigenvalue weighted by atomic mass is 32.2. The van der Waals surface area contributed by atoms with Gasteiger partial charge < -0.3 is 4.74 Å². The molecule has 2 aromatic carbocycles. The Morgan fingerprint density at radius 3 is 2.41 bits per heavy atom. The second-order valence-corrected chi connectivity index (χ2v) is 9.35. The van der Waals surface area contributed by atoms with Crippen molar-refractivity contribution in [3.8, 4) is 0 Å². The standard InChI is InChI=1S/C23H26O2S2/c1-2-3-4-11-16-21-17-25-23(27-21,22(24)20-14-9-6-10-15-20)26-18-19-12-7-5-8-13-19/h5-10,12-15,17H,2-4,11,16,18H2,1H3. The molecule has 0 spiro atoms. The number of allylic oxidation sites excluding steroid dienone is 1. The van der Waals surface area contributed by atoms with Gasteiger partial charge in [0.15, 0.2) is 0 Å². The van der Waals surface area contributed by atoms with Gasteiger partial charge in [-0.15, -0.1) is 0 Å². The highest BCUT2D eigenvalue weighted by Gasteiger charge is 2.46. The number of unbranched alkanes of at least 4 members (excludes halogenated alkanes) is 3. The van der Waals surface area contributed by atoms with E-state index < -0.39 is 4.27 Å². The molecule has 0 radical (unpaired) electrons. The zero-order valence-electron chi connectivity index (χ0n) is 15.7.